The minimum atomic E-state index is -0.694. The molecular formula is C14H11ClFN5O2. The smallest absolute Gasteiger partial charge is 0.256 e. The van der Waals surface area contributed by atoms with Crippen LogP contribution in [0.15, 0.2) is 30.3 Å². The Morgan fingerprint density at radius 3 is 2.91 bits per heavy atom. The van der Waals surface area contributed by atoms with Crippen molar-refractivity contribution in [1.29, 1.82) is 0 Å². The average molecular weight is 336 g/mol. The molecule has 7 nitrogen and oxygen atoms in total. The van der Waals surface area contributed by atoms with Gasteiger partial charge in [0.15, 0.2) is 11.5 Å². The van der Waals surface area contributed by atoms with Crippen molar-refractivity contribution in [2.24, 2.45) is 0 Å². The van der Waals surface area contributed by atoms with Gasteiger partial charge in [0.1, 0.15) is 5.82 Å². The molecule has 9 heteroatoms. The molecular weight excluding hydrogens is 325 g/mol. The standard InChI is InChI=1S/C14H11ClFN5O2/c1-23-12-6-5-10-18-19-11(21(10)20-12)7-17-14(22)13-8(15)3-2-4-9(13)16/h2-6H,7H2,1H3,(H,17,22). The number of nitrogens with one attached hydrogen (secondary N) is 1. The maximum Gasteiger partial charge on any atom is 0.256 e. The molecule has 0 atom stereocenters. The van der Waals surface area contributed by atoms with Crippen LogP contribution in [0.2, 0.25) is 5.02 Å². The third-order valence-electron chi connectivity index (χ3n) is 3.11. The number of fused-ring (bicyclic) bond motifs is 1. The van der Waals surface area contributed by atoms with Gasteiger partial charge in [0, 0.05) is 6.07 Å². The van der Waals surface area contributed by atoms with E-state index in [0.717, 1.165) is 0 Å². The van der Waals surface area contributed by atoms with Gasteiger partial charge in [-0.15, -0.1) is 15.3 Å². The van der Waals surface area contributed by atoms with Crippen LogP contribution in [0.1, 0.15) is 16.2 Å². The molecule has 2 heterocycles. The molecule has 1 N–H and O–H groups in total. The zero-order valence-electron chi connectivity index (χ0n) is 12.0. The van der Waals surface area contributed by atoms with Gasteiger partial charge < -0.3 is 10.1 Å². The molecule has 1 aromatic carbocycles. The van der Waals surface area contributed by atoms with Gasteiger partial charge in [-0.3, -0.25) is 4.79 Å². The lowest BCUT2D eigenvalue weighted by Gasteiger charge is -2.07. The lowest BCUT2D eigenvalue weighted by molar-refractivity contribution is 0.0946. The van der Waals surface area contributed by atoms with Gasteiger partial charge in [-0.2, -0.15) is 4.52 Å². The molecule has 3 rings (SSSR count). The fourth-order valence-corrected chi connectivity index (χ4v) is 2.25. The van der Waals surface area contributed by atoms with Gasteiger partial charge in [-0.05, 0) is 18.2 Å². The van der Waals surface area contributed by atoms with E-state index in [1.807, 2.05) is 0 Å². The Kier molecular flexibility index (Phi) is 4.07. The molecule has 0 saturated carbocycles. The predicted octanol–water partition coefficient (Wildman–Crippen LogP) is 1.86. The molecule has 23 heavy (non-hydrogen) atoms. The summed E-state index contributed by atoms with van der Waals surface area (Å²) in [5.74, 6) is -0.588. The van der Waals surface area contributed by atoms with Crippen LogP contribution in [0.25, 0.3) is 5.65 Å². The van der Waals surface area contributed by atoms with Crippen LogP contribution in [0.4, 0.5) is 4.39 Å². The van der Waals surface area contributed by atoms with Crippen LogP contribution in [0.5, 0.6) is 5.88 Å². The molecule has 0 aliphatic carbocycles. The molecule has 0 saturated heterocycles. The number of ether oxygens (including phenoxy) is 1. The fraction of sp³-hybridized carbons (Fsp3) is 0.143. The first-order valence-corrected chi connectivity index (χ1v) is 6.95. The number of rotatable bonds is 4. The number of carbonyl (C=O) groups is 1. The third-order valence-corrected chi connectivity index (χ3v) is 3.42. The monoisotopic (exact) mass is 335 g/mol. The topological polar surface area (TPSA) is 81.4 Å². The number of halogens is 2. The van der Waals surface area contributed by atoms with E-state index < -0.39 is 11.7 Å². The summed E-state index contributed by atoms with van der Waals surface area (Å²) in [4.78, 5) is 12.1. The van der Waals surface area contributed by atoms with Gasteiger partial charge in [-0.1, -0.05) is 17.7 Å². The minimum absolute atomic E-state index is 0.00479. The van der Waals surface area contributed by atoms with Crippen LogP contribution >= 0.6 is 11.6 Å². The first-order valence-electron chi connectivity index (χ1n) is 6.57. The second-order valence-corrected chi connectivity index (χ2v) is 4.95. The number of nitrogens with zero attached hydrogens (tertiary/aromatic N) is 4. The number of aromatic nitrogens is 4. The van der Waals surface area contributed by atoms with E-state index in [4.69, 9.17) is 16.3 Å². The molecule has 0 unspecified atom stereocenters. The van der Waals surface area contributed by atoms with Gasteiger partial charge >= 0.3 is 0 Å². The Hall–Kier alpha value is -2.74. The maximum atomic E-state index is 13.7. The molecule has 3 aromatic rings. The quantitative estimate of drug-likeness (QED) is 0.787. The molecule has 0 fully saturated rings. The van der Waals surface area contributed by atoms with E-state index in [1.165, 1.54) is 29.8 Å². The molecule has 0 radical (unpaired) electrons. The number of hydrogen-bond acceptors (Lipinski definition) is 5. The molecule has 0 bridgehead atoms. The highest BCUT2D eigenvalue weighted by molar-refractivity contribution is 6.33. The minimum Gasteiger partial charge on any atom is -0.480 e. The largest absolute Gasteiger partial charge is 0.480 e. The van der Waals surface area contributed by atoms with Crippen LogP contribution in [0.3, 0.4) is 0 Å². The summed E-state index contributed by atoms with van der Waals surface area (Å²) in [7, 11) is 1.49. The van der Waals surface area contributed by atoms with Gasteiger partial charge in [0.25, 0.3) is 5.91 Å². The second-order valence-electron chi connectivity index (χ2n) is 4.54. The van der Waals surface area contributed by atoms with Crippen molar-refractivity contribution in [3.05, 3.63) is 52.6 Å². The maximum absolute atomic E-state index is 13.7. The van der Waals surface area contributed by atoms with E-state index in [2.05, 4.69) is 20.6 Å². The molecule has 118 valence electrons. The summed E-state index contributed by atoms with van der Waals surface area (Å²) in [5, 5.41) is 14.6. The summed E-state index contributed by atoms with van der Waals surface area (Å²) in [6.07, 6.45) is 0. The van der Waals surface area contributed by atoms with Crippen molar-refractivity contribution in [3.8, 4) is 5.88 Å². The summed E-state index contributed by atoms with van der Waals surface area (Å²) in [5.41, 5.74) is 0.285. The van der Waals surface area contributed by atoms with E-state index in [1.54, 1.807) is 12.1 Å². The fourth-order valence-electron chi connectivity index (χ4n) is 2.00. The first kappa shape index (κ1) is 15.2. The summed E-state index contributed by atoms with van der Waals surface area (Å²) in [6, 6.07) is 7.36. The lowest BCUT2D eigenvalue weighted by atomic mass is 10.2. The van der Waals surface area contributed by atoms with Crippen molar-refractivity contribution >= 4 is 23.2 Å². The van der Waals surface area contributed by atoms with Crippen molar-refractivity contribution < 1.29 is 13.9 Å². The van der Waals surface area contributed by atoms with Crippen molar-refractivity contribution in [2.45, 2.75) is 6.54 Å². The molecule has 0 spiro atoms. The van der Waals surface area contributed by atoms with Crippen LogP contribution in [0, 0.1) is 5.82 Å². The number of hydrogen-bond donors (Lipinski definition) is 1. The van der Waals surface area contributed by atoms with E-state index in [0.29, 0.717) is 17.4 Å². The summed E-state index contributed by atoms with van der Waals surface area (Å²) in [6.45, 7) is 0.00479. The zero-order valence-corrected chi connectivity index (χ0v) is 12.7. The molecule has 1 amide bonds. The first-order chi connectivity index (χ1) is 11.1. The molecule has 2 aromatic heterocycles. The Morgan fingerprint density at radius 1 is 1.35 bits per heavy atom. The highest BCUT2D eigenvalue weighted by atomic mass is 35.5. The number of methoxy groups -OCH3 is 1. The number of benzene rings is 1. The van der Waals surface area contributed by atoms with E-state index in [-0.39, 0.29) is 17.1 Å². The van der Waals surface area contributed by atoms with Gasteiger partial charge in [-0.25, -0.2) is 4.39 Å². The van der Waals surface area contributed by atoms with E-state index in [9.17, 15) is 9.18 Å². The van der Waals surface area contributed by atoms with Gasteiger partial charge in [0.2, 0.25) is 5.88 Å². The Balaban J connectivity index is 1.82. The highest BCUT2D eigenvalue weighted by Gasteiger charge is 2.16. The number of amides is 1. The second kappa shape index (κ2) is 6.17. The Morgan fingerprint density at radius 2 is 2.17 bits per heavy atom. The Bertz CT molecular complexity index is 862. The van der Waals surface area contributed by atoms with Crippen molar-refractivity contribution in [3.63, 3.8) is 0 Å². The van der Waals surface area contributed by atoms with Crippen LogP contribution in [-0.2, 0) is 6.54 Å². The zero-order chi connectivity index (χ0) is 16.4. The van der Waals surface area contributed by atoms with E-state index >= 15 is 0 Å². The molecule has 0 aliphatic rings. The van der Waals surface area contributed by atoms with Crippen LogP contribution < -0.4 is 10.1 Å². The van der Waals surface area contributed by atoms with Crippen molar-refractivity contribution in [1.82, 2.24) is 25.1 Å². The Labute approximate surface area is 135 Å². The average Bonchev–Trinajstić information content (AvgIpc) is 2.94. The normalized spacial score (nSPS) is 10.7. The predicted molar refractivity (Wildman–Crippen MR) is 79.9 cm³/mol. The summed E-state index contributed by atoms with van der Waals surface area (Å²) < 4.78 is 20.2. The van der Waals surface area contributed by atoms with Crippen LogP contribution in [-0.4, -0.2) is 32.8 Å². The SMILES string of the molecule is COc1ccc2nnc(CNC(=O)c3c(F)cccc3Cl)n2n1. The number of carbonyl (C=O) groups excluding carboxylic acids is 1. The van der Waals surface area contributed by atoms with Crippen molar-refractivity contribution in [2.75, 3.05) is 7.11 Å². The third kappa shape index (κ3) is 2.93. The highest BCUT2D eigenvalue weighted by Crippen LogP contribution is 2.18. The lowest BCUT2D eigenvalue weighted by Crippen LogP contribution is -2.25. The summed E-state index contributed by atoms with van der Waals surface area (Å²) >= 11 is 5.86. The van der Waals surface area contributed by atoms with Gasteiger partial charge in [0.05, 0.1) is 24.2 Å². The molecule has 0 aliphatic heterocycles.